The van der Waals surface area contributed by atoms with Crippen molar-refractivity contribution >= 4 is 59.9 Å². The number of hydrogen-bond acceptors (Lipinski definition) is 3. The number of hydrogen-bond donors (Lipinski definition) is 1. The molecule has 0 saturated carbocycles. The standard InChI is InChI=1S/C13H7BrClFN2S/c14-9-3-2-8(16)6-11(9)18-13-17-10-4-1-7(15)5-12(10)19-13/h1-6H,(H,17,18). The van der Waals surface area contributed by atoms with Crippen LogP contribution in [0.5, 0.6) is 0 Å². The summed E-state index contributed by atoms with van der Waals surface area (Å²) in [6, 6.07) is 9.99. The van der Waals surface area contributed by atoms with E-state index in [9.17, 15) is 4.39 Å². The summed E-state index contributed by atoms with van der Waals surface area (Å²) in [5, 5.41) is 4.47. The van der Waals surface area contributed by atoms with Gasteiger partial charge in [-0.15, -0.1) is 0 Å². The van der Waals surface area contributed by atoms with Crippen LogP contribution in [0.4, 0.5) is 15.2 Å². The van der Waals surface area contributed by atoms with Crippen LogP contribution in [0.1, 0.15) is 0 Å². The highest BCUT2D eigenvalue weighted by Gasteiger charge is 2.07. The van der Waals surface area contributed by atoms with Crippen LogP contribution in [0.3, 0.4) is 0 Å². The average Bonchev–Trinajstić information content (AvgIpc) is 2.75. The van der Waals surface area contributed by atoms with E-state index in [1.165, 1.54) is 23.5 Å². The molecule has 0 fully saturated rings. The summed E-state index contributed by atoms with van der Waals surface area (Å²) in [5.74, 6) is -0.296. The Hall–Kier alpha value is -1.17. The van der Waals surface area contributed by atoms with Crippen LogP contribution in [0.25, 0.3) is 10.2 Å². The molecule has 19 heavy (non-hydrogen) atoms. The third-order valence-electron chi connectivity index (χ3n) is 2.52. The first kappa shape index (κ1) is 12.8. The molecule has 3 rings (SSSR count). The van der Waals surface area contributed by atoms with Crippen LogP contribution >= 0.6 is 38.9 Å². The molecule has 0 aliphatic carbocycles. The van der Waals surface area contributed by atoms with Crippen LogP contribution in [-0.4, -0.2) is 4.98 Å². The Morgan fingerprint density at radius 2 is 2.05 bits per heavy atom. The summed E-state index contributed by atoms with van der Waals surface area (Å²) in [5.41, 5.74) is 1.51. The zero-order valence-electron chi connectivity index (χ0n) is 9.45. The highest BCUT2D eigenvalue weighted by atomic mass is 79.9. The van der Waals surface area contributed by atoms with Crippen LogP contribution in [0.15, 0.2) is 40.9 Å². The van der Waals surface area contributed by atoms with Crippen LogP contribution in [0.2, 0.25) is 5.02 Å². The second-order valence-electron chi connectivity index (χ2n) is 3.88. The minimum absolute atomic E-state index is 0.296. The zero-order valence-corrected chi connectivity index (χ0v) is 12.6. The topological polar surface area (TPSA) is 24.9 Å². The summed E-state index contributed by atoms with van der Waals surface area (Å²) < 4.78 is 15.0. The Kier molecular flexibility index (Phi) is 3.43. The monoisotopic (exact) mass is 356 g/mol. The molecule has 0 unspecified atom stereocenters. The quantitative estimate of drug-likeness (QED) is 0.646. The Bertz CT molecular complexity index is 759. The third kappa shape index (κ3) is 2.73. The van der Waals surface area contributed by atoms with Gasteiger partial charge < -0.3 is 5.32 Å². The summed E-state index contributed by atoms with van der Waals surface area (Å²) in [6.45, 7) is 0. The lowest BCUT2D eigenvalue weighted by atomic mass is 10.3. The van der Waals surface area contributed by atoms with Crippen molar-refractivity contribution in [2.45, 2.75) is 0 Å². The fourth-order valence-electron chi connectivity index (χ4n) is 1.66. The predicted octanol–water partition coefficient (Wildman–Crippen LogP) is 5.59. The maximum absolute atomic E-state index is 13.2. The molecule has 0 aliphatic heterocycles. The molecule has 2 nitrogen and oxygen atoms in total. The van der Waals surface area contributed by atoms with E-state index in [-0.39, 0.29) is 5.82 Å². The number of nitrogens with zero attached hydrogens (tertiary/aromatic N) is 1. The zero-order chi connectivity index (χ0) is 13.4. The highest BCUT2D eigenvalue weighted by molar-refractivity contribution is 9.10. The van der Waals surface area contributed by atoms with E-state index in [1.54, 1.807) is 12.1 Å². The van der Waals surface area contributed by atoms with Gasteiger partial charge >= 0.3 is 0 Å². The van der Waals surface area contributed by atoms with Crippen LogP contribution in [-0.2, 0) is 0 Å². The lowest BCUT2D eigenvalue weighted by Crippen LogP contribution is -1.91. The fraction of sp³-hybridized carbons (Fsp3) is 0. The molecule has 0 atom stereocenters. The van der Waals surface area contributed by atoms with Gasteiger partial charge in [-0.3, -0.25) is 0 Å². The molecule has 2 aromatic carbocycles. The van der Waals surface area contributed by atoms with E-state index < -0.39 is 0 Å². The molecule has 1 aromatic heterocycles. The van der Waals surface area contributed by atoms with E-state index in [4.69, 9.17) is 11.6 Å². The second-order valence-corrected chi connectivity index (χ2v) is 6.20. The van der Waals surface area contributed by atoms with E-state index in [1.807, 2.05) is 12.1 Å². The fourth-order valence-corrected chi connectivity index (χ4v) is 3.16. The summed E-state index contributed by atoms with van der Waals surface area (Å²) in [7, 11) is 0. The Balaban J connectivity index is 1.98. The molecule has 96 valence electrons. The highest BCUT2D eigenvalue weighted by Crippen LogP contribution is 2.32. The largest absolute Gasteiger partial charge is 0.330 e. The van der Waals surface area contributed by atoms with Crippen molar-refractivity contribution < 1.29 is 4.39 Å². The van der Waals surface area contributed by atoms with Crippen molar-refractivity contribution in [3.8, 4) is 0 Å². The minimum Gasteiger partial charge on any atom is -0.330 e. The number of benzene rings is 2. The number of aromatic nitrogens is 1. The summed E-state index contributed by atoms with van der Waals surface area (Å²) >= 11 is 10.8. The Morgan fingerprint density at radius 1 is 1.21 bits per heavy atom. The average molecular weight is 358 g/mol. The number of fused-ring (bicyclic) bond motifs is 1. The van der Waals surface area contributed by atoms with Gasteiger partial charge in [-0.05, 0) is 52.3 Å². The summed E-state index contributed by atoms with van der Waals surface area (Å²) in [6.07, 6.45) is 0. The number of rotatable bonds is 2. The molecule has 0 spiro atoms. The van der Waals surface area contributed by atoms with Gasteiger partial charge in [0.2, 0.25) is 0 Å². The molecular formula is C13H7BrClFN2S. The predicted molar refractivity (Wildman–Crippen MR) is 82.0 cm³/mol. The smallest absolute Gasteiger partial charge is 0.188 e. The molecule has 0 radical (unpaired) electrons. The molecule has 1 N–H and O–H groups in total. The first-order valence-corrected chi connectivity index (χ1v) is 7.39. The molecule has 0 aliphatic rings. The molecule has 3 aromatic rings. The third-order valence-corrected chi connectivity index (χ3v) is 4.38. The van der Waals surface area contributed by atoms with E-state index >= 15 is 0 Å². The molecular weight excluding hydrogens is 351 g/mol. The summed E-state index contributed by atoms with van der Waals surface area (Å²) in [4.78, 5) is 4.43. The molecule has 0 amide bonds. The first-order valence-electron chi connectivity index (χ1n) is 5.40. The Morgan fingerprint density at radius 3 is 2.89 bits per heavy atom. The molecule has 1 heterocycles. The van der Waals surface area contributed by atoms with Gasteiger partial charge in [0.1, 0.15) is 5.82 Å². The van der Waals surface area contributed by atoms with Gasteiger partial charge in [0.15, 0.2) is 5.13 Å². The normalized spacial score (nSPS) is 10.9. The lowest BCUT2D eigenvalue weighted by molar-refractivity contribution is 0.628. The van der Waals surface area contributed by atoms with Crippen LogP contribution < -0.4 is 5.32 Å². The van der Waals surface area contributed by atoms with E-state index in [0.717, 1.165) is 14.7 Å². The lowest BCUT2D eigenvalue weighted by Gasteiger charge is -2.04. The van der Waals surface area contributed by atoms with Crippen molar-refractivity contribution in [1.29, 1.82) is 0 Å². The SMILES string of the molecule is Fc1ccc(Br)c(Nc2nc3ccc(Cl)cc3s2)c1. The number of nitrogens with one attached hydrogen (secondary N) is 1. The molecule has 0 saturated heterocycles. The number of anilines is 2. The molecule has 0 bridgehead atoms. The van der Waals surface area contributed by atoms with Crippen LogP contribution in [0, 0.1) is 5.82 Å². The number of thiazole rings is 1. The van der Waals surface area contributed by atoms with Crippen molar-refractivity contribution in [2.75, 3.05) is 5.32 Å². The molecule has 6 heteroatoms. The van der Waals surface area contributed by atoms with Gasteiger partial charge in [-0.1, -0.05) is 22.9 Å². The second kappa shape index (κ2) is 5.07. The Labute approximate surface area is 126 Å². The first-order chi connectivity index (χ1) is 9.11. The van der Waals surface area contributed by atoms with Gasteiger partial charge in [0.25, 0.3) is 0 Å². The van der Waals surface area contributed by atoms with Crippen molar-refractivity contribution in [1.82, 2.24) is 4.98 Å². The number of halogens is 3. The van der Waals surface area contributed by atoms with Crippen molar-refractivity contribution in [3.63, 3.8) is 0 Å². The maximum Gasteiger partial charge on any atom is 0.188 e. The van der Waals surface area contributed by atoms with Gasteiger partial charge in [-0.2, -0.15) is 0 Å². The maximum atomic E-state index is 13.2. The van der Waals surface area contributed by atoms with E-state index in [0.29, 0.717) is 15.8 Å². The van der Waals surface area contributed by atoms with E-state index in [2.05, 4.69) is 26.2 Å². The van der Waals surface area contributed by atoms with Gasteiger partial charge in [0.05, 0.1) is 15.9 Å². The van der Waals surface area contributed by atoms with Crippen molar-refractivity contribution in [3.05, 3.63) is 51.7 Å². The van der Waals surface area contributed by atoms with Gasteiger partial charge in [-0.25, -0.2) is 9.37 Å². The van der Waals surface area contributed by atoms with Gasteiger partial charge in [0, 0.05) is 9.50 Å². The minimum atomic E-state index is -0.296. The van der Waals surface area contributed by atoms with Crippen molar-refractivity contribution in [2.24, 2.45) is 0 Å².